The fourth-order valence-electron chi connectivity index (χ4n) is 2.86. The molecule has 0 unspecified atom stereocenters. The van der Waals surface area contributed by atoms with Crippen molar-refractivity contribution in [1.82, 2.24) is 14.6 Å². The van der Waals surface area contributed by atoms with E-state index in [2.05, 4.69) is 15.3 Å². The van der Waals surface area contributed by atoms with Gasteiger partial charge in [-0.3, -0.25) is 28.8 Å². The Labute approximate surface area is 177 Å². The number of rotatable bonds is 8. The van der Waals surface area contributed by atoms with Crippen molar-refractivity contribution < 1.29 is 38.1 Å². The summed E-state index contributed by atoms with van der Waals surface area (Å²) < 4.78 is 22.8. The van der Waals surface area contributed by atoms with Crippen LogP contribution >= 0.6 is 0 Å². The van der Waals surface area contributed by atoms with E-state index in [1.807, 2.05) is 0 Å². The Morgan fingerprint density at radius 3 is 2.26 bits per heavy atom. The second kappa shape index (κ2) is 9.97. The lowest BCUT2D eigenvalue weighted by Gasteiger charge is -2.24. The van der Waals surface area contributed by atoms with Crippen LogP contribution in [-0.2, 0) is 33.3 Å². The molecule has 1 aromatic heterocycles. The molecule has 14 nitrogen and oxygen atoms in total. The molecular weight excluding hydrogens is 416 g/mol. The minimum absolute atomic E-state index is 0.0712. The summed E-state index contributed by atoms with van der Waals surface area (Å²) in [6.07, 6.45) is -3.23. The number of hydrogen-bond acceptors (Lipinski definition) is 11. The van der Waals surface area contributed by atoms with E-state index in [0.29, 0.717) is 0 Å². The van der Waals surface area contributed by atoms with Gasteiger partial charge in [0.05, 0.1) is 6.33 Å². The molecule has 0 aromatic carbocycles. The zero-order chi connectivity index (χ0) is 23.3. The number of primary amides is 1. The summed E-state index contributed by atoms with van der Waals surface area (Å²) in [4.78, 5) is 50.4. The highest BCUT2D eigenvalue weighted by Gasteiger charge is 2.51. The largest absolute Gasteiger partial charge is 0.463 e. The standard InChI is InChI=1S/C17H24N6O8/c1-8(24)28-6-11-13(29-9(2)25)14(30-10(3)26)17(31-11)23-7-19-12(15(18)27)16(23)20-21-22(4)5/h7,11,13-14,17H,6H2,1-5H3,(H2,18,27)/t11-,13-,14-,17-/m1/s1. The Hall–Kier alpha value is -3.55. The fraction of sp³-hybridized carbons (Fsp3) is 0.588. The van der Waals surface area contributed by atoms with Gasteiger partial charge in [0.25, 0.3) is 5.91 Å². The summed E-state index contributed by atoms with van der Waals surface area (Å²) in [5, 5.41) is 9.18. The average molecular weight is 440 g/mol. The van der Waals surface area contributed by atoms with Crippen molar-refractivity contribution in [1.29, 1.82) is 0 Å². The van der Waals surface area contributed by atoms with Gasteiger partial charge in [-0.25, -0.2) is 4.98 Å². The Bertz CT molecular complexity index is 882. The molecular formula is C17H24N6O8. The summed E-state index contributed by atoms with van der Waals surface area (Å²) in [7, 11) is 3.21. The van der Waals surface area contributed by atoms with Gasteiger partial charge in [-0.15, -0.1) is 5.11 Å². The van der Waals surface area contributed by atoms with Crippen LogP contribution in [0.1, 0.15) is 37.5 Å². The first-order valence-corrected chi connectivity index (χ1v) is 9.10. The van der Waals surface area contributed by atoms with Crippen LogP contribution in [0.5, 0.6) is 0 Å². The monoisotopic (exact) mass is 440 g/mol. The third-order valence-corrected chi connectivity index (χ3v) is 3.93. The van der Waals surface area contributed by atoms with E-state index in [4.69, 9.17) is 24.7 Å². The second-order valence-electron chi connectivity index (χ2n) is 6.74. The molecule has 170 valence electrons. The number of esters is 3. The average Bonchev–Trinajstić information content (AvgIpc) is 3.19. The number of amides is 1. The normalized spacial score (nSPS) is 22.9. The van der Waals surface area contributed by atoms with Crippen LogP contribution in [0.25, 0.3) is 0 Å². The van der Waals surface area contributed by atoms with Crippen molar-refractivity contribution in [2.24, 2.45) is 16.1 Å². The second-order valence-corrected chi connectivity index (χ2v) is 6.74. The van der Waals surface area contributed by atoms with Crippen LogP contribution in [-0.4, -0.2) is 77.4 Å². The number of aromatic nitrogens is 2. The fourth-order valence-corrected chi connectivity index (χ4v) is 2.86. The van der Waals surface area contributed by atoms with Gasteiger partial charge in [0, 0.05) is 34.9 Å². The van der Waals surface area contributed by atoms with Gasteiger partial charge in [0.2, 0.25) is 0 Å². The van der Waals surface area contributed by atoms with E-state index >= 15 is 0 Å². The van der Waals surface area contributed by atoms with Crippen molar-refractivity contribution in [3.8, 4) is 0 Å². The Kier molecular flexibility index (Phi) is 7.63. The summed E-state index contributed by atoms with van der Waals surface area (Å²) in [6.45, 7) is 3.25. The van der Waals surface area contributed by atoms with Gasteiger partial charge in [0.1, 0.15) is 12.7 Å². The predicted octanol–water partition coefficient (Wildman–Crippen LogP) is -0.134. The van der Waals surface area contributed by atoms with Crippen molar-refractivity contribution in [2.45, 2.75) is 45.3 Å². The highest BCUT2D eigenvalue weighted by molar-refractivity contribution is 5.95. The topological polar surface area (TPSA) is 177 Å². The molecule has 1 aromatic rings. The predicted molar refractivity (Wildman–Crippen MR) is 101 cm³/mol. The van der Waals surface area contributed by atoms with Crippen LogP contribution in [0.15, 0.2) is 16.7 Å². The van der Waals surface area contributed by atoms with Gasteiger partial charge in [0.15, 0.2) is 29.9 Å². The van der Waals surface area contributed by atoms with Crippen molar-refractivity contribution in [3.05, 3.63) is 12.0 Å². The molecule has 0 radical (unpaired) electrons. The molecule has 1 aliphatic rings. The first-order valence-electron chi connectivity index (χ1n) is 9.10. The molecule has 31 heavy (non-hydrogen) atoms. The smallest absolute Gasteiger partial charge is 0.303 e. The van der Waals surface area contributed by atoms with Crippen LogP contribution in [0.4, 0.5) is 5.82 Å². The molecule has 0 aliphatic carbocycles. The first kappa shape index (κ1) is 23.7. The van der Waals surface area contributed by atoms with Crippen molar-refractivity contribution in [3.63, 3.8) is 0 Å². The van der Waals surface area contributed by atoms with Gasteiger partial charge < -0.3 is 24.7 Å². The van der Waals surface area contributed by atoms with Gasteiger partial charge in [-0.1, -0.05) is 5.22 Å². The molecule has 2 N–H and O–H groups in total. The van der Waals surface area contributed by atoms with Crippen LogP contribution in [0.3, 0.4) is 0 Å². The lowest BCUT2D eigenvalue weighted by atomic mass is 10.1. The highest BCUT2D eigenvalue weighted by Crippen LogP contribution is 2.37. The maximum absolute atomic E-state index is 11.8. The van der Waals surface area contributed by atoms with Crippen LogP contribution < -0.4 is 5.73 Å². The number of carbonyl (C=O) groups excluding carboxylic acids is 4. The number of hydrogen-bond donors (Lipinski definition) is 1. The summed E-state index contributed by atoms with van der Waals surface area (Å²) in [6, 6.07) is 0. The maximum Gasteiger partial charge on any atom is 0.303 e. The van der Waals surface area contributed by atoms with Gasteiger partial charge in [-0.05, 0) is 0 Å². The number of nitrogens with two attached hydrogens (primary N) is 1. The Balaban J connectivity index is 2.53. The molecule has 1 aliphatic heterocycles. The molecule has 1 amide bonds. The van der Waals surface area contributed by atoms with Crippen molar-refractivity contribution >= 4 is 29.6 Å². The van der Waals surface area contributed by atoms with Gasteiger partial charge >= 0.3 is 17.9 Å². The summed E-state index contributed by atoms with van der Waals surface area (Å²) in [5.41, 5.74) is 5.16. The number of imidazole rings is 1. The quantitative estimate of drug-likeness (QED) is 0.248. The third-order valence-electron chi connectivity index (χ3n) is 3.93. The Morgan fingerprint density at radius 1 is 1.13 bits per heavy atom. The zero-order valence-corrected chi connectivity index (χ0v) is 17.7. The molecule has 2 heterocycles. The molecule has 1 saturated heterocycles. The lowest BCUT2D eigenvalue weighted by Crippen LogP contribution is -2.40. The highest BCUT2D eigenvalue weighted by atomic mass is 16.7. The van der Waals surface area contributed by atoms with E-state index in [9.17, 15) is 19.2 Å². The Morgan fingerprint density at radius 2 is 1.74 bits per heavy atom. The molecule has 0 spiro atoms. The molecule has 14 heteroatoms. The molecule has 0 saturated carbocycles. The van der Waals surface area contributed by atoms with E-state index in [-0.39, 0.29) is 18.1 Å². The SMILES string of the molecule is CC(=O)OC[C@H]1O[C@@H](n2cnc(C(N)=O)c2N=NN(C)C)[C@H](OC(C)=O)[C@@H]1OC(C)=O. The summed E-state index contributed by atoms with van der Waals surface area (Å²) in [5.74, 6) is -2.89. The maximum atomic E-state index is 11.8. The minimum Gasteiger partial charge on any atom is -0.463 e. The zero-order valence-electron chi connectivity index (χ0n) is 17.7. The lowest BCUT2D eigenvalue weighted by molar-refractivity contribution is -0.166. The first-order chi connectivity index (χ1) is 14.5. The van der Waals surface area contributed by atoms with E-state index in [1.165, 1.54) is 29.8 Å². The third kappa shape index (κ3) is 5.97. The molecule has 2 rings (SSSR count). The van der Waals surface area contributed by atoms with Gasteiger partial charge in [-0.2, -0.15) is 0 Å². The summed E-state index contributed by atoms with van der Waals surface area (Å²) >= 11 is 0. The number of ether oxygens (including phenoxy) is 4. The number of carbonyl (C=O) groups is 4. The van der Waals surface area contributed by atoms with E-state index in [1.54, 1.807) is 14.1 Å². The number of nitrogens with zero attached hydrogens (tertiary/aromatic N) is 5. The minimum atomic E-state index is -1.18. The van der Waals surface area contributed by atoms with E-state index in [0.717, 1.165) is 6.92 Å². The van der Waals surface area contributed by atoms with Crippen LogP contribution in [0, 0.1) is 0 Å². The molecule has 4 atom stereocenters. The molecule has 0 bridgehead atoms. The molecule has 1 fully saturated rings. The van der Waals surface area contributed by atoms with Crippen LogP contribution in [0.2, 0.25) is 0 Å². The van der Waals surface area contributed by atoms with Crippen molar-refractivity contribution in [2.75, 3.05) is 20.7 Å². The van der Waals surface area contributed by atoms with E-state index < -0.39 is 48.4 Å².